The first-order chi connectivity index (χ1) is 9.21. The topological polar surface area (TPSA) is 62.1 Å². The molecule has 0 radical (unpaired) electrons. The van der Waals surface area contributed by atoms with Gasteiger partial charge in [0.1, 0.15) is 0 Å². The molecule has 0 heterocycles. The van der Waals surface area contributed by atoms with Crippen LogP contribution in [0, 0.1) is 11.3 Å². The third-order valence-corrected chi connectivity index (χ3v) is 3.31. The van der Waals surface area contributed by atoms with Crippen molar-refractivity contribution in [3.05, 3.63) is 35.4 Å². The number of hydrogen-bond donors (Lipinski definition) is 1. The van der Waals surface area contributed by atoms with E-state index in [1.54, 1.807) is 12.1 Å². The quantitative estimate of drug-likeness (QED) is 0.875. The normalized spacial score (nSPS) is 21.3. The Morgan fingerprint density at radius 2 is 2.11 bits per heavy atom. The number of hydrogen-bond acceptors (Lipinski definition) is 3. The van der Waals surface area contributed by atoms with Crippen LogP contribution in [0.2, 0.25) is 0 Å². The highest BCUT2D eigenvalue weighted by Gasteiger charge is 2.30. The van der Waals surface area contributed by atoms with E-state index < -0.39 is 0 Å². The van der Waals surface area contributed by atoms with Gasteiger partial charge in [-0.3, -0.25) is 4.79 Å². The van der Waals surface area contributed by atoms with Crippen LogP contribution in [0.3, 0.4) is 0 Å². The van der Waals surface area contributed by atoms with Gasteiger partial charge in [-0.05, 0) is 37.5 Å². The van der Waals surface area contributed by atoms with Crippen molar-refractivity contribution in [2.45, 2.75) is 38.3 Å². The van der Waals surface area contributed by atoms with Crippen molar-refractivity contribution in [2.24, 2.45) is 0 Å². The van der Waals surface area contributed by atoms with Crippen LogP contribution in [0.15, 0.2) is 24.3 Å². The van der Waals surface area contributed by atoms with Gasteiger partial charge in [0.2, 0.25) is 5.91 Å². The van der Waals surface area contributed by atoms with Crippen LogP contribution in [0.5, 0.6) is 0 Å². The lowest BCUT2D eigenvalue weighted by molar-refractivity contribution is -0.123. The number of rotatable bonds is 5. The molecule has 1 aromatic carbocycles. The number of carbonyl (C=O) groups is 1. The molecule has 100 valence electrons. The van der Waals surface area contributed by atoms with Gasteiger partial charge in [0.05, 0.1) is 24.2 Å². The van der Waals surface area contributed by atoms with E-state index in [1.807, 2.05) is 19.1 Å². The first-order valence-electron chi connectivity index (χ1n) is 6.61. The third kappa shape index (κ3) is 3.80. The second kappa shape index (κ2) is 6.35. The minimum atomic E-state index is 0.0321. The lowest BCUT2D eigenvalue weighted by atomic mass is 9.89. The Balaban J connectivity index is 1.74. The van der Waals surface area contributed by atoms with E-state index in [0.29, 0.717) is 18.1 Å². The van der Waals surface area contributed by atoms with Crippen molar-refractivity contribution >= 4 is 5.91 Å². The molecular formula is C15H18N2O2. The van der Waals surface area contributed by atoms with Crippen molar-refractivity contribution in [3.63, 3.8) is 0 Å². The minimum absolute atomic E-state index is 0.0321. The van der Waals surface area contributed by atoms with E-state index in [1.165, 1.54) is 0 Å². The maximum absolute atomic E-state index is 11.8. The molecule has 1 amide bonds. The van der Waals surface area contributed by atoms with Gasteiger partial charge in [-0.1, -0.05) is 12.1 Å². The summed E-state index contributed by atoms with van der Waals surface area (Å²) in [6, 6.07) is 9.42. The number of nitrogens with zero attached hydrogens (tertiary/aromatic N) is 1. The fourth-order valence-corrected chi connectivity index (χ4v) is 2.22. The van der Waals surface area contributed by atoms with Gasteiger partial charge in [0.15, 0.2) is 0 Å². The molecule has 1 aromatic rings. The Bertz CT molecular complexity index is 470. The van der Waals surface area contributed by atoms with Gasteiger partial charge in [-0.25, -0.2) is 0 Å². The largest absolute Gasteiger partial charge is 0.378 e. The van der Waals surface area contributed by atoms with Crippen LogP contribution >= 0.6 is 0 Å². The fraction of sp³-hybridized carbons (Fsp3) is 0.467. The minimum Gasteiger partial charge on any atom is -0.378 e. The summed E-state index contributed by atoms with van der Waals surface area (Å²) in [4.78, 5) is 11.8. The van der Waals surface area contributed by atoms with Crippen molar-refractivity contribution in [2.75, 3.05) is 6.61 Å². The Labute approximate surface area is 113 Å². The number of nitriles is 1. The van der Waals surface area contributed by atoms with E-state index in [2.05, 4.69) is 11.4 Å². The molecule has 1 aliphatic carbocycles. The zero-order chi connectivity index (χ0) is 13.7. The predicted octanol–water partition coefficient (Wildman–Crippen LogP) is 1.78. The predicted molar refractivity (Wildman–Crippen MR) is 71.4 cm³/mol. The summed E-state index contributed by atoms with van der Waals surface area (Å²) in [5.41, 5.74) is 1.54. The van der Waals surface area contributed by atoms with Gasteiger partial charge >= 0.3 is 0 Å². The SMILES string of the molecule is CCOC1CC(NC(=O)Cc2ccc(C#N)cc2)C1. The maximum atomic E-state index is 11.8. The molecule has 0 aromatic heterocycles. The van der Waals surface area contributed by atoms with E-state index in [-0.39, 0.29) is 11.9 Å². The van der Waals surface area contributed by atoms with Crippen molar-refractivity contribution < 1.29 is 9.53 Å². The number of benzene rings is 1. The molecular weight excluding hydrogens is 240 g/mol. The number of carbonyl (C=O) groups excluding carboxylic acids is 1. The molecule has 0 bridgehead atoms. The highest BCUT2D eigenvalue weighted by Crippen LogP contribution is 2.23. The summed E-state index contributed by atoms with van der Waals surface area (Å²) < 4.78 is 5.45. The molecule has 1 N–H and O–H groups in total. The van der Waals surface area contributed by atoms with E-state index in [4.69, 9.17) is 10.00 Å². The van der Waals surface area contributed by atoms with Crippen molar-refractivity contribution in [1.82, 2.24) is 5.32 Å². The van der Waals surface area contributed by atoms with Crippen LogP contribution in [-0.4, -0.2) is 24.7 Å². The standard InChI is InChI=1S/C15H18N2O2/c1-2-19-14-8-13(9-14)17-15(18)7-11-3-5-12(10-16)6-4-11/h3-6,13-14H,2,7-9H2,1H3,(H,17,18). The first-order valence-corrected chi connectivity index (χ1v) is 6.61. The van der Waals surface area contributed by atoms with Gasteiger partial charge in [-0.15, -0.1) is 0 Å². The Morgan fingerprint density at radius 3 is 2.68 bits per heavy atom. The Kier molecular flexibility index (Phi) is 4.53. The number of ether oxygens (including phenoxy) is 1. The summed E-state index contributed by atoms with van der Waals surface area (Å²) in [5, 5.41) is 11.7. The molecule has 0 unspecified atom stereocenters. The molecule has 4 nitrogen and oxygen atoms in total. The molecule has 0 atom stereocenters. The Morgan fingerprint density at radius 1 is 1.42 bits per heavy atom. The van der Waals surface area contributed by atoms with Gasteiger partial charge < -0.3 is 10.1 Å². The number of amides is 1. The smallest absolute Gasteiger partial charge is 0.224 e. The van der Waals surface area contributed by atoms with Gasteiger partial charge in [-0.2, -0.15) is 5.26 Å². The second-order valence-electron chi connectivity index (χ2n) is 4.80. The average Bonchev–Trinajstić information content (AvgIpc) is 2.37. The van der Waals surface area contributed by atoms with Crippen molar-refractivity contribution in [1.29, 1.82) is 5.26 Å². The number of nitrogens with one attached hydrogen (secondary N) is 1. The highest BCUT2D eigenvalue weighted by atomic mass is 16.5. The highest BCUT2D eigenvalue weighted by molar-refractivity contribution is 5.79. The average molecular weight is 258 g/mol. The molecule has 1 saturated carbocycles. The van der Waals surface area contributed by atoms with E-state index in [9.17, 15) is 4.79 Å². The lowest BCUT2D eigenvalue weighted by Gasteiger charge is -2.35. The van der Waals surface area contributed by atoms with Gasteiger partial charge in [0.25, 0.3) is 0 Å². The molecule has 1 aliphatic rings. The summed E-state index contributed by atoms with van der Waals surface area (Å²) in [5.74, 6) is 0.0321. The zero-order valence-corrected chi connectivity index (χ0v) is 11.1. The Hall–Kier alpha value is -1.86. The molecule has 0 saturated heterocycles. The first kappa shape index (κ1) is 13.6. The molecule has 0 spiro atoms. The van der Waals surface area contributed by atoms with Crippen LogP contribution < -0.4 is 5.32 Å². The zero-order valence-electron chi connectivity index (χ0n) is 11.1. The molecule has 19 heavy (non-hydrogen) atoms. The molecule has 0 aliphatic heterocycles. The molecule has 2 rings (SSSR count). The van der Waals surface area contributed by atoms with Crippen LogP contribution in [-0.2, 0) is 16.0 Å². The molecule has 1 fully saturated rings. The maximum Gasteiger partial charge on any atom is 0.224 e. The third-order valence-electron chi connectivity index (χ3n) is 3.31. The van der Waals surface area contributed by atoms with Crippen LogP contribution in [0.4, 0.5) is 0 Å². The van der Waals surface area contributed by atoms with Crippen LogP contribution in [0.1, 0.15) is 30.9 Å². The lowest BCUT2D eigenvalue weighted by Crippen LogP contribution is -2.48. The van der Waals surface area contributed by atoms with Gasteiger partial charge in [0, 0.05) is 12.6 Å². The molecule has 4 heteroatoms. The van der Waals surface area contributed by atoms with Crippen LogP contribution in [0.25, 0.3) is 0 Å². The second-order valence-corrected chi connectivity index (χ2v) is 4.80. The van der Waals surface area contributed by atoms with E-state index >= 15 is 0 Å². The summed E-state index contributed by atoms with van der Waals surface area (Å²) in [6.07, 6.45) is 2.49. The van der Waals surface area contributed by atoms with E-state index in [0.717, 1.165) is 25.0 Å². The summed E-state index contributed by atoms with van der Waals surface area (Å²) >= 11 is 0. The fourth-order valence-electron chi connectivity index (χ4n) is 2.22. The summed E-state index contributed by atoms with van der Waals surface area (Å²) in [6.45, 7) is 2.72. The summed E-state index contributed by atoms with van der Waals surface area (Å²) in [7, 11) is 0. The monoisotopic (exact) mass is 258 g/mol. The van der Waals surface area contributed by atoms with Crippen molar-refractivity contribution in [3.8, 4) is 6.07 Å².